The second-order valence-corrected chi connectivity index (χ2v) is 7.89. The van der Waals surface area contributed by atoms with Crippen LogP contribution >= 0.6 is 0 Å². The minimum absolute atomic E-state index is 0.0126. The van der Waals surface area contributed by atoms with Gasteiger partial charge in [-0.3, -0.25) is 9.59 Å². The molecule has 7 heteroatoms. The Balaban J connectivity index is 1.85. The number of benzene rings is 2. The maximum absolute atomic E-state index is 12.8. The Bertz CT molecular complexity index is 854. The van der Waals surface area contributed by atoms with Crippen molar-refractivity contribution in [1.82, 2.24) is 5.32 Å². The molecule has 172 valence electrons. The molecule has 1 N–H and O–H groups in total. The van der Waals surface area contributed by atoms with Crippen LogP contribution in [0.15, 0.2) is 54.6 Å². The van der Waals surface area contributed by atoms with Gasteiger partial charge in [0.2, 0.25) is 12.8 Å². The van der Waals surface area contributed by atoms with Crippen LogP contribution < -0.4 is 10.1 Å². The molecular weight excluding hydrogens is 413 g/mol. The lowest BCUT2D eigenvalue weighted by Gasteiger charge is -2.22. The molecule has 0 aliphatic heterocycles. The van der Waals surface area contributed by atoms with Gasteiger partial charge in [-0.25, -0.2) is 4.39 Å². The maximum Gasteiger partial charge on any atom is 0.306 e. The Morgan fingerprint density at radius 3 is 2.31 bits per heavy atom. The zero-order chi connectivity index (χ0) is 23.3. The van der Waals surface area contributed by atoms with Gasteiger partial charge in [-0.2, -0.15) is 0 Å². The van der Waals surface area contributed by atoms with Gasteiger partial charge in [0.05, 0.1) is 6.04 Å². The monoisotopic (exact) mass is 443 g/mol. The van der Waals surface area contributed by atoms with Crippen LogP contribution in [0.1, 0.15) is 37.8 Å². The van der Waals surface area contributed by atoms with E-state index in [-0.39, 0.29) is 30.8 Å². The number of hydrogen-bond donors (Lipinski definition) is 1. The Hall–Kier alpha value is -3.22. The molecule has 1 unspecified atom stereocenters. The standard InChI is InChI=1S/C25H30FNO5/c1-18(2)23(12-13-24(29)31-16-20-6-4-3-5-7-20)25(30)27-21(15-28)14-19-8-10-22(11-9-19)32-17-26/h3-11,15,18,21,23H,12-14,16-17H2,1-2H3,(H,27,30)/t21?,23-/m0/s1. The van der Waals surface area contributed by atoms with E-state index in [1.165, 1.54) is 0 Å². The van der Waals surface area contributed by atoms with Crippen molar-refractivity contribution in [2.45, 2.75) is 45.8 Å². The van der Waals surface area contributed by atoms with Crippen LogP contribution in [0.25, 0.3) is 0 Å². The third-order valence-electron chi connectivity index (χ3n) is 5.14. The first-order valence-corrected chi connectivity index (χ1v) is 10.7. The minimum atomic E-state index is -0.914. The molecule has 0 aliphatic rings. The zero-order valence-electron chi connectivity index (χ0n) is 18.5. The fourth-order valence-corrected chi connectivity index (χ4v) is 3.31. The minimum Gasteiger partial charge on any atom is -0.463 e. The topological polar surface area (TPSA) is 81.7 Å². The van der Waals surface area contributed by atoms with E-state index in [1.54, 1.807) is 24.3 Å². The van der Waals surface area contributed by atoms with Gasteiger partial charge in [-0.1, -0.05) is 56.3 Å². The number of amides is 1. The molecule has 0 saturated carbocycles. The maximum atomic E-state index is 12.8. The number of carbonyl (C=O) groups is 3. The zero-order valence-corrected chi connectivity index (χ0v) is 18.5. The highest BCUT2D eigenvalue weighted by Crippen LogP contribution is 2.19. The summed E-state index contributed by atoms with van der Waals surface area (Å²) < 4.78 is 22.3. The lowest BCUT2D eigenvalue weighted by Crippen LogP contribution is -2.42. The van der Waals surface area contributed by atoms with Gasteiger partial charge >= 0.3 is 5.97 Å². The highest BCUT2D eigenvalue weighted by Gasteiger charge is 2.25. The Morgan fingerprint density at radius 1 is 1.03 bits per heavy atom. The van der Waals surface area contributed by atoms with E-state index in [0.717, 1.165) is 11.1 Å². The summed E-state index contributed by atoms with van der Waals surface area (Å²) in [7, 11) is 0. The number of carbonyl (C=O) groups excluding carboxylic acids is 3. The summed E-state index contributed by atoms with van der Waals surface area (Å²) in [6.45, 7) is 3.08. The molecule has 32 heavy (non-hydrogen) atoms. The third-order valence-corrected chi connectivity index (χ3v) is 5.14. The SMILES string of the molecule is CC(C)[C@H](CCC(=O)OCc1ccccc1)C(=O)NC(C=O)Cc1ccc(OCF)cc1. The quantitative estimate of drug-likeness (QED) is 0.374. The molecule has 0 bridgehead atoms. The van der Waals surface area contributed by atoms with Crippen LogP contribution in [-0.4, -0.2) is 31.1 Å². The summed E-state index contributed by atoms with van der Waals surface area (Å²) in [6.07, 6.45) is 1.44. The van der Waals surface area contributed by atoms with Gasteiger partial charge in [-0.05, 0) is 42.0 Å². The summed E-state index contributed by atoms with van der Waals surface area (Å²) in [5.41, 5.74) is 1.70. The molecule has 0 fully saturated rings. The second-order valence-electron chi connectivity index (χ2n) is 7.89. The summed E-state index contributed by atoms with van der Waals surface area (Å²) >= 11 is 0. The molecule has 0 aromatic heterocycles. The molecule has 2 rings (SSSR count). The first kappa shape index (κ1) is 25.0. The van der Waals surface area contributed by atoms with Gasteiger partial charge < -0.3 is 19.6 Å². The molecular formula is C25H30FNO5. The van der Waals surface area contributed by atoms with E-state index in [9.17, 15) is 18.8 Å². The fourth-order valence-electron chi connectivity index (χ4n) is 3.31. The summed E-state index contributed by atoms with van der Waals surface area (Å²) in [6, 6.07) is 15.3. The number of aldehydes is 1. The number of nitrogens with one attached hydrogen (secondary N) is 1. The first-order valence-electron chi connectivity index (χ1n) is 10.7. The van der Waals surface area contributed by atoms with Crippen LogP contribution in [-0.2, 0) is 32.1 Å². The Kier molecular flexibility index (Phi) is 10.4. The van der Waals surface area contributed by atoms with Gasteiger partial charge in [0.25, 0.3) is 0 Å². The van der Waals surface area contributed by atoms with Gasteiger partial charge in [0.15, 0.2) is 0 Å². The number of esters is 1. The summed E-state index contributed by atoms with van der Waals surface area (Å²) in [5, 5.41) is 2.77. The normalized spacial score (nSPS) is 12.6. The van der Waals surface area contributed by atoms with Gasteiger partial charge in [-0.15, -0.1) is 0 Å². The van der Waals surface area contributed by atoms with Gasteiger partial charge in [0.1, 0.15) is 18.6 Å². The van der Waals surface area contributed by atoms with Crippen molar-refractivity contribution in [2.75, 3.05) is 6.86 Å². The molecule has 0 radical (unpaired) electrons. The molecule has 0 saturated heterocycles. The number of halogens is 1. The van der Waals surface area contributed by atoms with E-state index in [2.05, 4.69) is 5.32 Å². The van der Waals surface area contributed by atoms with Crippen LogP contribution in [0.2, 0.25) is 0 Å². The highest BCUT2D eigenvalue weighted by molar-refractivity contribution is 5.82. The first-order chi connectivity index (χ1) is 15.4. The van der Waals surface area contributed by atoms with Crippen molar-refractivity contribution in [3.8, 4) is 5.75 Å². The van der Waals surface area contributed by atoms with Crippen LogP contribution in [0.3, 0.4) is 0 Å². The fraction of sp³-hybridized carbons (Fsp3) is 0.400. The molecule has 2 atom stereocenters. The predicted molar refractivity (Wildman–Crippen MR) is 119 cm³/mol. The average molecular weight is 444 g/mol. The van der Waals surface area contributed by atoms with Crippen molar-refractivity contribution in [3.05, 3.63) is 65.7 Å². The van der Waals surface area contributed by atoms with Gasteiger partial charge in [0, 0.05) is 12.3 Å². The molecule has 0 aliphatic carbocycles. The third kappa shape index (κ3) is 8.49. The van der Waals surface area contributed by atoms with Crippen molar-refractivity contribution in [1.29, 1.82) is 0 Å². The largest absolute Gasteiger partial charge is 0.463 e. The number of rotatable bonds is 13. The van der Waals surface area contributed by atoms with Crippen molar-refractivity contribution < 1.29 is 28.2 Å². The molecule has 0 heterocycles. The van der Waals surface area contributed by atoms with E-state index in [1.807, 2.05) is 44.2 Å². The van der Waals surface area contributed by atoms with E-state index >= 15 is 0 Å². The van der Waals surface area contributed by atoms with Crippen LogP contribution in [0.5, 0.6) is 5.75 Å². The summed E-state index contributed by atoms with van der Waals surface area (Å²) in [5.74, 6) is -0.689. The number of alkyl halides is 1. The van der Waals surface area contributed by atoms with Crippen molar-refractivity contribution >= 4 is 18.2 Å². The highest BCUT2D eigenvalue weighted by atomic mass is 19.1. The Morgan fingerprint density at radius 2 is 1.72 bits per heavy atom. The lowest BCUT2D eigenvalue weighted by molar-refractivity contribution is -0.145. The predicted octanol–water partition coefficient (Wildman–Crippen LogP) is 4.01. The van der Waals surface area contributed by atoms with E-state index in [0.29, 0.717) is 24.9 Å². The van der Waals surface area contributed by atoms with Crippen molar-refractivity contribution in [2.24, 2.45) is 11.8 Å². The molecule has 1 amide bonds. The smallest absolute Gasteiger partial charge is 0.306 e. The Labute approximate surface area is 188 Å². The molecule has 0 spiro atoms. The number of ether oxygens (including phenoxy) is 2. The molecule has 2 aromatic carbocycles. The van der Waals surface area contributed by atoms with E-state index < -0.39 is 18.8 Å². The number of hydrogen-bond acceptors (Lipinski definition) is 5. The second kappa shape index (κ2) is 13.2. The molecule has 6 nitrogen and oxygen atoms in total. The average Bonchev–Trinajstić information content (AvgIpc) is 2.79. The van der Waals surface area contributed by atoms with Crippen LogP contribution in [0.4, 0.5) is 4.39 Å². The van der Waals surface area contributed by atoms with Crippen LogP contribution in [0, 0.1) is 11.8 Å². The van der Waals surface area contributed by atoms with E-state index in [4.69, 9.17) is 9.47 Å². The lowest BCUT2D eigenvalue weighted by atomic mass is 9.90. The summed E-state index contributed by atoms with van der Waals surface area (Å²) in [4.78, 5) is 36.4. The molecule has 2 aromatic rings. The van der Waals surface area contributed by atoms with Crippen molar-refractivity contribution in [3.63, 3.8) is 0 Å².